The van der Waals surface area contributed by atoms with Crippen molar-refractivity contribution < 1.29 is 8.78 Å². The first-order valence-electron chi connectivity index (χ1n) is 6.39. The fraction of sp³-hybridized carbons (Fsp3) is 0.250. The van der Waals surface area contributed by atoms with E-state index in [1.807, 2.05) is 24.3 Å². The second-order valence-corrected chi connectivity index (χ2v) is 4.61. The highest BCUT2D eigenvalue weighted by atomic mass is 19.2. The lowest BCUT2D eigenvalue weighted by Gasteiger charge is -2.16. The summed E-state index contributed by atoms with van der Waals surface area (Å²) in [5, 5.41) is 0. The molecule has 1 nitrogen and oxygen atoms in total. The van der Waals surface area contributed by atoms with Crippen molar-refractivity contribution in [2.24, 2.45) is 5.73 Å². The van der Waals surface area contributed by atoms with Gasteiger partial charge in [-0.15, -0.1) is 0 Å². The first kappa shape index (κ1) is 13.7. The van der Waals surface area contributed by atoms with Gasteiger partial charge in [0.25, 0.3) is 0 Å². The lowest BCUT2D eigenvalue weighted by Crippen LogP contribution is -2.15. The molecule has 2 aromatic rings. The van der Waals surface area contributed by atoms with E-state index in [1.54, 1.807) is 6.07 Å². The first-order valence-corrected chi connectivity index (χ1v) is 6.39. The summed E-state index contributed by atoms with van der Waals surface area (Å²) >= 11 is 0. The summed E-state index contributed by atoms with van der Waals surface area (Å²) in [5.74, 6) is -1.65. The van der Waals surface area contributed by atoms with Crippen LogP contribution in [0.5, 0.6) is 0 Å². The normalized spacial score (nSPS) is 12.4. The van der Waals surface area contributed by atoms with E-state index >= 15 is 0 Å². The molecule has 1 unspecified atom stereocenters. The SMILES string of the molecule is CCc1ccccc1C(N)Cc1ccc(F)c(F)c1. The number of halogens is 2. The monoisotopic (exact) mass is 261 g/mol. The number of hydrogen-bond donors (Lipinski definition) is 1. The molecule has 19 heavy (non-hydrogen) atoms. The Morgan fingerprint density at radius 3 is 2.47 bits per heavy atom. The highest BCUT2D eigenvalue weighted by Gasteiger charge is 2.12. The molecule has 0 bridgehead atoms. The minimum absolute atomic E-state index is 0.207. The Morgan fingerprint density at radius 2 is 1.79 bits per heavy atom. The summed E-state index contributed by atoms with van der Waals surface area (Å²) < 4.78 is 26.0. The summed E-state index contributed by atoms with van der Waals surface area (Å²) in [7, 11) is 0. The Hall–Kier alpha value is -1.74. The largest absolute Gasteiger partial charge is 0.324 e. The van der Waals surface area contributed by atoms with Gasteiger partial charge >= 0.3 is 0 Å². The third kappa shape index (κ3) is 3.18. The van der Waals surface area contributed by atoms with Gasteiger partial charge in [-0.1, -0.05) is 37.3 Å². The lowest BCUT2D eigenvalue weighted by atomic mass is 9.94. The van der Waals surface area contributed by atoms with Crippen LogP contribution in [0.25, 0.3) is 0 Å². The fourth-order valence-corrected chi connectivity index (χ4v) is 2.25. The van der Waals surface area contributed by atoms with Crippen LogP contribution in [0.1, 0.15) is 29.7 Å². The van der Waals surface area contributed by atoms with Gasteiger partial charge in [-0.25, -0.2) is 8.78 Å². The van der Waals surface area contributed by atoms with E-state index < -0.39 is 11.6 Å². The predicted octanol–water partition coefficient (Wildman–Crippen LogP) is 3.77. The van der Waals surface area contributed by atoms with Crippen LogP contribution in [-0.2, 0) is 12.8 Å². The number of benzene rings is 2. The van der Waals surface area contributed by atoms with Gasteiger partial charge in [0.1, 0.15) is 0 Å². The summed E-state index contributed by atoms with van der Waals surface area (Å²) in [6.45, 7) is 2.07. The average Bonchev–Trinajstić information content (AvgIpc) is 2.43. The summed E-state index contributed by atoms with van der Waals surface area (Å²) in [6, 6.07) is 11.7. The van der Waals surface area contributed by atoms with Gasteiger partial charge in [-0.3, -0.25) is 0 Å². The Bertz CT molecular complexity index is 566. The minimum Gasteiger partial charge on any atom is -0.324 e. The van der Waals surface area contributed by atoms with Crippen molar-refractivity contribution in [1.82, 2.24) is 0 Å². The van der Waals surface area contributed by atoms with Gasteiger partial charge in [-0.05, 0) is 41.7 Å². The molecule has 0 aromatic heterocycles. The van der Waals surface area contributed by atoms with E-state index in [-0.39, 0.29) is 6.04 Å². The number of aryl methyl sites for hydroxylation is 1. The van der Waals surface area contributed by atoms with Gasteiger partial charge in [0.05, 0.1) is 0 Å². The van der Waals surface area contributed by atoms with Crippen molar-refractivity contribution >= 4 is 0 Å². The van der Waals surface area contributed by atoms with Gasteiger partial charge in [0.15, 0.2) is 11.6 Å². The van der Waals surface area contributed by atoms with Crippen LogP contribution in [0.4, 0.5) is 8.78 Å². The van der Waals surface area contributed by atoms with Crippen LogP contribution in [0.2, 0.25) is 0 Å². The molecule has 0 saturated heterocycles. The zero-order valence-corrected chi connectivity index (χ0v) is 10.9. The van der Waals surface area contributed by atoms with Crippen LogP contribution < -0.4 is 5.73 Å². The van der Waals surface area contributed by atoms with Crippen molar-refractivity contribution in [3.8, 4) is 0 Å². The molecule has 2 rings (SSSR count). The Morgan fingerprint density at radius 1 is 1.05 bits per heavy atom. The van der Waals surface area contributed by atoms with Crippen LogP contribution >= 0.6 is 0 Å². The Kier molecular flexibility index (Phi) is 4.27. The van der Waals surface area contributed by atoms with E-state index in [0.29, 0.717) is 12.0 Å². The van der Waals surface area contributed by atoms with Gasteiger partial charge in [0, 0.05) is 6.04 Å². The zero-order valence-electron chi connectivity index (χ0n) is 10.9. The van der Waals surface area contributed by atoms with Crippen LogP contribution in [0.15, 0.2) is 42.5 Å². The second-order valence-electron chi connectivity index (χ2n) is 4.61. The molecular weight excluding hydrogens is 244 g/mol. The molecule has 0 aliphatic heterocycles. The average molecular weight is 261 g/mol. The van der Waals surface area contributed by atoms with E-state index in [9.17, 15) is 8.78 Å². The molecule has 1 atom stereocenters. The van der Waals surface area contributed by atoms with Gasteiger partial charge in [0.2, 0.25) is 0 Å². The molecule has 0 heterocycles. The van der Waals surface area contributed by atoms with Crippen molar-refractivity contribution in [3.63, 3.8) is 0 Å². The molecule has 0 amide bonds. The van der Waals surface area contributed by atoms with Crippen LogP contribution in [0, 0.1) is 11.6 Å². The van der Waals surface area contributed by atoms with Crippen molar-refractivity contribution in [1.29, 1.82) is 0 Å². The lowest BCUT2D eigenvalue weighted by molar-refractivity contribution is 0.506. The molecule has 3 heteroatoms. The first-order chi connectivity index (χ1) is 9.11. The summed E-state index contributed by atoms with van der Waals surface area (Å²) in [5.41, 5.74) is 9.14. The maximum atomic E-state index is 13.2. The Balaban J connectivity index is 2.20. The quantitative estimate of drug-likeness (QED) is 0.890. The molecule has 100 valence electrons. The fourth-order valence-electron chi connectivity index (χ4n) is 2.25. The third-order valence-electron chi connectivity index (χ3n) is 3.28. The van der Waals surface area contributed by atoms with Gasteiger partial charge in [-0.2, -0.15) is 0 Å². The number of hydrogen-bond acceptors (Lipinski definition) is 1. The topological polar surface area (TPSA) is 26.0 Å². The third-order valence-corrected chi connectivity index (χ3v) is 3.28. The molecule has 0 radical (unpaired) electrons. The molecule has 0 aliphatic rings. The van der Waals surface area contributed by atoms with E-state index in [4.69, 9.17) is 5.73 Å². The molecule has 0 fully saturated rings. The summed E-state index contributed by atoms with van der Waals surface area (Å²) in [4.78, 5) is 0. The summed E-state index contributed by atoms with van der Waals surface area (Å²) in [6.07, 6.45) is 1.40. The molecule has 0 saturated carbocycles. The maximum Gasteiger partial charge on any atom is 0.159 e. The standard InChI is InChI=1S/C16H17F2N/c1-2-12-5-3-4-6-13(12)16(19)10-11-7-8-14(17)15(18)9-11/h3-9,16H,2,10,19H2,1H3. The van der Waals surface area contributed by atoms with Gasteiger partial charge < -0.3 is 5.73 Å². The van der Waals surface area contributed by atoms with Crippen LogP contribution in [0.3, 0.4) is 0 Å². The minimum atomic E-state index is -0.828. The van der Waals surface area contributed by atoms with E-state index in [2.05, 4.69) is 6.92 Å². The highest BCUT2D eigenvalue weighted by Crippen LogP contribution is 2.21. The molecule has 2 aromatic carbocycles. The number of nitrogens with two attached hydrogens (primary N) is 1. The smallest absolute Gasteiger partial charge is 0.159 e. The van der Waals surface area contributed by atoms with Crippen molar-refractivity contribution in [3.05, 3.63) is 70.8 Å². The molecule has 0 aliphatic carbocycles. The molecule has 0 spiro atoms. The van der Waals surface area contributed by atoms with Crippen molar-refractivity contribution in [2.75, 3.05) is 0 Å². The maximum absolute atomic E-state index is 13.2. The molecular formula is C16H17F2N. The second kappa shape index (κ2) is 5.93. The van der Waals surface area contributed by atoms with E-state index in [1.165, 1.54) is 11.6 Å². The van der Waals surface area contributed by atoms with Crippen molar-refractivity contribution in [2.45, 2.75) is 25.8 Å². The van der Waals surface area contributed by atoms with E-state index in [0.717, 1.165) is 18.1 Å². The zero-order chi connectivity index (χ0) is 13.8. The Labute approximate surface area is 112 Å². The predicted molar refractivity (Wildman–Crippen MR) is 72.8 cm³/mol. The highest BCUT2D eigenvalue weighted by molar-refractivity contribution is 5.31. The van der Waals surface area contributed by atoms with Crippen LogP contribution in [-0.4, -0.2) is 0 Å². The molecule has 2 N–H and O–H groups in total. The number of rotatable bonds is 4.